The van der Waals surface area contributed by atoms with Crippen molar-refractivity contribution in [1.82, 2.24) is 9.55 Å². The molecule has 3 rings (SSSR count). The van der Waals surface area contributed by atoms with Gasteiger partial charge in [0.25, 0.3) is 5.56 Å². The molecule has 0 saturated carbocycles. The van der Waals surface area contributed by atoms with Crippen molar-refractivity contribution in [2.45, 2.75) is 64.4 Å². The maximum atomic E-state index is 13.2. The number of fused-ring (bicyclic) bond motifs is 3. The van der Waals surface area contributed by atoms with E-state index in [0.29, 0.717) is 19.1 Å². The molecule has 1 aliphatic heterocycles. The number of hydrogen-bond acceptors (Lipinski definition) is 5. The van der Waals surface area contributed by atoms with Crippen LogP contribution in [0.25, 0.3) is 10.2 Å². The summed E-state index contributed by atoms with van der Waals surface area (Å²) in [5.41, 5.74) is 0.957. The number of thioether (sulfide) groups is 1. The smallest absolute Gasteiger partial charge is 0.263 e. The molecule has 0 atom stereocenters. The molecule has 0 amide bonds. The summed E-state index contributed by atoms with van der Waals surface area (Å²) in [5.74, 6) is 1.61. The summed E-state index contributed by atoms with van der Waals surface area (Å²) < 4.78 is 7.69. The predicted octanol–water partition coefficient (Wildman–Crippen LogP) is 4.63. The fourth-order valence-corrected chi connectivity index (χ4v) is 5.39. The van der Waals surface area contributed by atoms with Gasteiger partial charge >= 0.3 is 0 Å². The molecule has 4 nitrogen and oxygen atoms in total. The van der Waals surface area contributed by atoms with E-state index in [4.69, 9.17) is 9.72 Å². The number of allylic oxidation sites excluding steroid dienone is 1. The average Bonchev–Trinajstić information content (AvgIpc) is 2.87. The Bertz CT molecular complexity index is 849. The lowest BCUT2D eigenvalue weighted by Crippen LogP contribution is -2.32. The van der Waals surface area contributed by atoms with Gasteiger partial charge in [0.05, 0.1) is 17.6 Å². The van der Waals surface area contributed by atoms with Crippen molar-refractivity contribution in [2.24, 2.45) is 5.92 Å². The molecule has 0 fully saturated rings. The van der Waals surface area contributed by atoms with Crippen molar-refractivity contribution in [3.8, 4) is 0 Å². The molecule has 0 aromatic carbocycles. The molecular formula is C19H26N2O2S2. The third kappa shape index (κ3) is 3.86. The van der Waals surface area contributed by atoms with Crippen molar-refractivity contribution >= 4 is 33.3 Å². The highest BCUT2D eigenvalue weighted by atomic mass is 32.2. The van der Waals surface area contributed by atoms with Gasteiger partial charge in [-0.1, -0.05) is 31.7 Å². The lowest BCUT2D eigenvalue weighted by Gasteiger charge is -2.29. The summed E-state index contributed by atoms with van der Waals surface area (Å²) in [6.07, 6.45) is 3.64. The fraction of sp³-hybridized carbons (Fsp3) is 0.579. The lowest BCUT2D eigenvalue weighted by atomic mass is 9.94. The molecular weight excluding hydrogens is 352 g/mol. The second-order valence-corrected chi connectivity index (χ2v) is 9.68. The van der Waals surface area contributed by atoms with E-state index in [1.807, 2.05) is 0 Å². The molecule has 0 N–H and O–H groups in total. The van der Waals surface area contributed by atoms with Gasteiger partial charge in [-0.2, -0.15) is 0 Å². The SMILES string of the molecule is C=CCn1c(SCCC(C)C)nc2sc3c(c2c1=O)CC(C)(C)OC3. The number of thiophene rings is 1. The van der Waals surface area contributed by atoms with Crippen molar-refractivity contribution in [2.75, 3.05) is 5.75 Å². The maximum Gasteiger partial charge on any atom is 0.263 e. The lowest BCUT2D eigenvalue weighted by molar-refractivity contribution is -0.0379. The minimum absolute atomic E-state index is 0.0622. The van der Waals surface area contributed by atoms with Gasteiger partial charge in [0.2, 0.25) is 0 Å². The van der Waals surface area contributed by atoms with Gasteiger partial charge in [-0.15, -0.1) is 17.9 Å². The van der Waals surface area contributed by atoms with Crippen molar-refractivity contribution in [3.05, 3.63) is 33.4 Å². The largest absolute Gasteiger partial charge is 0.370 e. The number of ether oxygens (including phenoxy) is 1. The molecule has 25 heavy (non-hydrogen) atoms. The number of rotatable bonds is 6. The minimum Gasteiger partial charge on any atom is -0.370 e. The third-order valence-electron chi connectivity index (χ3n) is 4.39. The van der Waals surface area contributed by atoms with E-state index in [9.17, 15) is 4.79 Å². The van der Waals surface area contributed by atoms with E-state index in [-0.39, 0.29) is 11.2 Å². The van der Waals surface area contributed by atoms with Crippen LogP contribution in [0.3, 0.4) is 0 Å². The second-order valence-electron chi connectivity index (χ2n) is 7.54. The van der Waals surface area contributed by atoms with E-state index < -0.39 is 0 Å². The zero-order valence-corrected chi connectivity index (χ0v) is 17.1. The van der Waals surface area contributed by atoms with E-state index in [2.05, 4.69) is 34.3 Å². The van der Waals surface area contributed by atoms with Crippen LogP contribution < -0.4 is 5.56 Å². The van der Waals surface area contributed by atoms with Crippen molar-refractivity contribution in [3.63, 3.8) is 0 Å². The molecule has 3 heterocycles. The monoisotopic (exact) mass is 378 g/mol. The van der Waals surface area contributed by atoms with Crippen LogP contribution in [0.2, 0.25) is 0 Å². The molecule has 0 saturated heterocycles. The first-order valence-electron chi connectivity index (χ1n) is 8.75. The van der Waals surface area contributed by atoms with Crippen LogP contribution in [0, 0.1) is 5.92 Å². The van der Waals surface area contributed by atoms with Crippen LogP contribution >= 0.6 is 23.1 Å². The Hall–Kier alpha value is -1.11. The number of hydrogen-bond donors (Lipinski definition) is 0. The van der Waals surface area contributed by atoms with Crippen molar-refractivity contribution < 1.29 is 4.74 Å². The van der Waals surface area contributed by atoms with Gasteiger partial charge in [0.1, 0.15) is 4.83 Å². The van der Waals surface area contributed by atoms with Crippen LogP contribution in [0.4, 0.5) is 0 Å². The molecule has 2 aromatic rings. The Balaban J connectivity index is 2.08. The molecule has 0 aliphatic carbocycles. The molecule has 1 aliphatic rings. The van der Waals surface area contributed by atoms with E-state index in [1.54, 1.807) is 33.7 Å². The molecule has 0 spiro atoms. The average molecular weight is 379 g/mol. The van der Waals surface area contributed by atoms with Gasteiger partial charge in [-0.25, -0.2) is 4.98 Å². The van der Waals surface area contributed by atoms with Gasteiger partial charge in [0.15, 0.2) is 5.16 Å². The predicted molar refractivity (Wildman–Crippen MR) is 107 cm³/mol. The van der Waals surface area contributed by atoms with E-state index >= 15 is 0 Å². The normalized spacial score (nSPS) is 16.4. The van der Waals surface area contributed by atoms with Crippen LogP contribution in [-0.2, 0) is 24.3 Å². The molecule has 0 unspecified atom stereocenters. The summed E-state index contributed by atoms with van der Waals surface area (Å²) in [5, 5.41) is 1.59. The first-order chi connectivity index (χ1) is 11.8. The zero-order chi connectivity index (χ0) is 18.2. The summed E-state index contributed by atoms with van der Waals surface area (Å²) in [7, 11) is 0. The number of nitrogens with zero attached hydrogens (tertiary/aromatic N) is 2. The summed E-state index contributed by atoms with van der Waals surface area (Å²) in [4.78, 5) is 20.1. The fourth-order valence-electron chi connectivity index (χ4n) is 2.99. The Morgan fingerprint density at radius 3 is 2.92 bits per heavy atom. The highest BCUT2D eigenvalue weighted by molar-refractivity contribution is 7.99. The van der Waals surface area contributed by atoms with Crippen LogP contribution in [-0.4, -0.2) is 20.9 Å². The second kappa shape index (κ2) is 7.25. The Kier molecular flexibility index (Phi) is 5.42. The number of aromatic nitrogens is 2. The summed E-state index contributed by atoms with van der Waals surface area (Å²) in [6, 6.07) is 0. The molecule has 0 radical (unpaired) electrons. The van der Waals surface area contributed by atoms with Crippen LogP contribution in [0.1, 0.15) is 44.6 Å². The quantitative estimate of drug-likeness (QED) is 0.417. The molecule has 2 aromatic heterocycles. The molecule has 0 bridgehead atoms. The van der Waals surface area contributed by atoms with Crippen molar-refractivity contribution in [1.29, 1.82) is 0 Å². The Morgan fingerprint density at radius 2 is 2.24 bits per heavy atom. The van der Waals surface area contributed by atoms with Crippen LogP contribution in [0.15, 0.2) is 22.6 Å². The summed E-state index contributed by atoms with van der Waals surface area (Å²) in [6.45, 7) is 13.4. The molecule has 136 valence electrons. The molecule has 6 heteroatoms. The highest BCUT2D eigenvalue weighted by Gasteiger charge is 2.31. The minimum atomic E-state index is -0.235. The first-order valence-corrected chi connectivity index (χ1v) is 10.6. The highest BCUT2D eigenvalue weighted by Crippen LogP contribution is 2.37. The van der Waals surface area contributed by atoms with E-state index in [0.717, 1.165) is 44.4 Å². The standard InChI is InChI=1S/C19H26N2O2S2/c1-6-8-21-17(22)15-13-10-19(4,5)23-11-14(13)25-16(15)20-18(21)24-9-7-12(2)3/h6,12H,1,7-11H2,2-5H3. The topological polar surface area (TPSA) is 44.1 Å². The van der Waals surface area contributed by atoms with E-state index in [1.165, 1.54) is 0 Å². The Labute approximate surface area is 157 Å². The summed E-state index contributed by atoms with van der Waals surface area (Å²) >= 11 is 3.28. The zero-order valence-electron chi connectivity index (χ0n) is 15.4. The first kappa shape index (κ1) is 18.7. The van der Waals surface area contributed by atoms with Gasteiger partial charge < -0.3 is 4.74 Å². The van der Waals surface area contributed by atoms with Gasteiger partial charge in [-0.05, 0) is 31.7 Å². The van der Waals surface area contributed by atoms with Gasteiger partial charge in [0, 0.05) is 23.6 Å². The Morgan fingerprint density at radius 1 is 1.48 bits per heavy atom. The third-order valence-corrected chi connectivity index (χ3v) is 6.50. The maximum absolute atomic E-state index is 13.2. The van der Waals surface area contributed by atoms with Gasteiger partial charge in [-0.3, -0.25) is 9.36 Å². The van der Waals surface area contributed by atoms with Crippen LogP contribution in [0.5, 0.6) is 0 Å².